The Hall–Kier alpha value is -5.79. The molecule has 0 fully saturated rings. The summed E-state index contributed by atoms with van der Waals surface area (Å²) < 4.78 is 21.1. The summed E-state index contributed by atoms with van der Waals surface area (Å²) in [6.45, 7) is 4.47. The molecular formula is C36H43N3O11. The minimum absolute atomic E-state index is 0.0817. The molecule has 0 aliphatic carbocycles. The fraction of sp³-hybridized carbons (Fsp3) is 0.361. The first-order chi connectivity index (χ1) is 23.7. The van der Waals surface area contributed by atoms with E-state index in [1.807, 2.05) is 12.1 Å². The number of carboxylic acid groups (broad SMARTS) is 2. The number of alkyl carbamates (subject to hydrolysis) is 1. The monoisotopic (exact) mass is 693 g/mol. The number of carbonyl (C=O) groups is 5. The average molecular weight is 694 g/mol. The van der Waals surface area contributed by atoms with Crippen molar-refractivity contribution in [3.8, 4) is 17.2 Å². The van der Waals surface area contributed by atoms with Gasteiger partial charge in [-0.15, -0.1) is 0 Å². The summed E-state index contributed by atoms with van der Waals surface area (Å²) in [6, 6.07) is 16.0. The maximum Gasteiger partial charge on any atom is 0.408 e. The Balaban J connectivity index is 1.88. The van der Waals surface area contributed by atoms with Crippen LogP contribution in [0, 0.1) is 0 Å². The third kappa shape index (κ3) is 12.3. The number of rotatable bonds is 17. The van der Waals surface area contributed by atoms with Crippen LogP contribution in [0.3, 0.4) is 0 Å². The molecule has 268 valence electrons. The van der Waals surface area contributed by atoms with Gasteiger partial charge in [-0.25, -0.2) is 14.4 Å². The van der Waals surface area contributed by atoms with Crippen LogP contribution in [0.2, 0.25) is 0 Å². The molecule has 14 heteroatoms. The van der Waals surface area contributed by atoms with Crippen molar-refractivity contribution in [3.63, 3.8) is 0 Å². The van der Waals surface area contributed by atoms with E-state index in [9.17, 15) is 29.1 Å². The summed E-state index contributed by atoms with van der Waals surface area (Å²) in [5.74, 6) is -3.02. The topological polar surface area (TPSA) is 199 Å². The molecule has 2 atom stereocenters. The maximum absolute atomic E-state index is 13.8. The molecule has 0 aliphatic heterocycles. The third-order valence-electron chi connectivity index (χ3n) is 7.15. The summed E-state index contributed by atoms with van der Waals surface area (Å²) >= 11 is 0. The van der Waals surface area contributed by atoms with Crippen LogP contribution in [0.1, 0.15) is 47.8 Å². The molecule has 0 saturated carbocycles. The number of aliphatic carboxylic acids is 1. The fourth-order valence-corrected chi connectivity index (χ4v) is 4.85. The molecule has 0 saturated heterocycles. The second kappa shape index (κ2) is 18.1. The SMILES string of the molecule is COc1ccc(CCNC(=O)[C@H](Cc2ccc(OCC(=O)O)c(C(=O)O)c2)NC(=O)[C@@H](Cc2ccccc2)NC(=O)OC(C)(C)C)cc1OC. The van der Waals surface area contributed by atoms with Gasteiger partial charge in [-0.3, -0.25) is 9.59 Å². The minimum atomic E-state index is -1.38. The number of hydrogen-bond acceptors (Lipinski definition) is 9. The number of ether oxygens (including phenoxy) is 4. The highest BCUT2D eigenvalue weighted by Gasteiger charge is 2.29. The van der Waals surface area contributed by atoms with Gasteiger partial charge in [0.05, 0.1) is 14.2 Å². The van der Waals surface area contributed by atoms with Crippen molar-refractivity contribution in [1.29, 1.82) is 0 Å². The van der Waals surface area contributed by atoms with Crippen molar-refractivity contribution in [2.75, 3.05) is 27.4 Å². The van der Waals surface area contributed by atoms with Crippen molar-refractivity contribution in [2.24, 2.45) is 0 Å². The molecule has 5 N–H and O–H groups in total. The molecule has 0 bridgehead atoms. The smallest absolute Gasteiger partial charge is 0.408 e. The van der Waals surface area contributed by atoms with Gasteiger partial charge in [0.2, 0.25) is 11.8 Å². The number of carboxylic acids is 2. The summed E-state index contributed by atoms with van der Waals surface area (Å²) in [4.78, 5) is 63.2. The Labute approximate surface area is 290 Å². The van der Waals surface area contributed by atoms with Gasteiger partial charge >= 0.3 is 18.0 Å². The van der Waals surface area contributed by atoms with E-state index >= 15 is 0 Å². The molecule has 3 aromatic carbocycles. The molecule has 0 aliphatic rings. The van der Waals surface area contributed by atoms with Crippen LogP contribution in [0.5, 0.6) is 17.2 Å². The van der Waals surface area contributed by atoms with Crippen LogP contribution in [0.25, 0.3) is 0 Å². The van der Waals surface area contributed by atoms with Gasteiger partial charge in [0, 0.05) is 19.4 Å². The van der Waals surface area contributed by atoms with Crippen molar-refractivity contribution >= 4 is 29.8 Å². The summed E-state index contributed by atoms with van der Waals surface area (Å²) in [5, 5.41) is 26.9. The molecule has 3 rings (SSSR count). The van der Waals surface area contributed by atoms with Gasteiger partial charge < -0.3 is 45.1 Å². The van der Waals surface area contributed by atoms with Gasteiger partial charge in [-0.2, -0.15) is 0 Å². The summed E-state index contributed by atoms with van der Waals surface area (Å²) in [5.41, 5.74) is 0.760. The molecular weight excluding hydrogens is 650 g/mol. The van der Waals surface area contributed by atoms with Gasteiger partial charge in [-0.1, -0.05) is 42.5 Å². The number of carbonyl (C=O) groups excluding carboxylic acids is 3. The zero-order valence-corrected chi connectivity index (χ0v) is 28.6. The molecule has 3 aromatic rings. The number of aromatic carboxylic acids is 1. The Morgan fingerprint density at radius 2 is 1.34 bits per heavy atom. The standard InChI is InChI=1S/C36H43N3O11/c1-36(2,3)50-35(46)39-27(18-22-9-7-6-8-10-22)33(43)38-26(19-24-12-13-28(49-21-31(40)41)25(17-24)34(44)45)32(42)37-16-15-23-11-14-29(47-4)30(20-23)48-5/h6-14,17,20,26-27H,15-16,18-19,21H2,1-5H3,(H,37,42)(H,38,43)(H,39,46)(H,40,41)(H,44,45)/t26-,27+/m0/s1. The highest BCUT2D eigenvalue weighted by atomic mass is 16.6. The van der Waals surface area contributed by atoms with E-state index in [2.05, 4.69) is 16.0 Å². The largest absolute Gasteiger partial charge is 0.493 e. The van der Waals surface area contributed by atoms with Crippen LogP contribution >= 0.6 is 0 Å². The second-order valence-corrected chi connectivity index (χ2v) is 12.2. The zero-order chi connectivity index (χ0) is 36.8. The van der Waals surface area contributed by atoms with Crippen molar-refractivity contribution in [3.05, 3.63) is 89.0 Å². The van der Waals surface area contributed by atoms with E-state index in [4.69, 9.17) is 24.1 Å². The average Bonchev–Trinajstić information content (AvgIpc) is 3.06. The quantitative estimate of drug-likeness (QED) is 0.139. The first-order valence-electron chi connectivity index (χ1n) is 15.7. The van der Waals surface area contributed by atoms with Crippen LogP contribution in [-0.4, -0.2) is 85.1 Å². The number of nitrogens with one attached hydrogen (secondary N) is 3. The summed E-state index contributed by atoms with van der Waals surface area (Å²) in [6.07, 6.45) is -0.494. The second-order valence-electron chi connectivity index (χ2n) is 12.2. The Kier molecular flexibility index (Phi) is 14.0. The first-order valence-corrected chi connectivity index (χ1v) is 15.7. The van der Waals surface area contributed by atoms with E-state index in [0.29, 0.717) is 23.5 Å². The molecule has 14 nitrogen and oxygen atoms in total. The van der Waals surface area contributed by atoms with Gasteiger partial charge in [-0.05, 0) is 68.1 Å². The minimum Gasteiger partial charge on any atom is -0.493 e. The van der Waals surface area contributed by atoms with Crippen LogP contribution < -0.4 is 30.2 Å². The Morgan fingerprint density at radius 3 is 1.96 bits per heavy atom. The third-order valence-corrected chi connectivity index (χ3v) is 7.15. The van der Waals surface area contributed by atoms with E-state index in [0.717, 1.165) is 11.1 Å². The lowest BCUT2D eigenvalue weighted by Gasteiger charge is -2.25. The molecule has 0 unspecified atom stereocenters. The van der Waals surface area contributed by atoms with Crippen molar-refractivity contribution in [2.45, 2.75) is 57.7 Å². The Morgan fingerprint density at radius 1 is 0.720 bits per heavy atom. The highest BCUT2D eigenvalue weighted by Crippen LogP contribution is 2.27. The zero-order valence-electron chi connectivity index (χ0n) is 28.6. The van der Waals surface area contributed by atoms with E-state index in [-0.39, 0.29) is 30.7 Å². The van der Waals surface area contributed by atoms with Crippen LogP contribution in [0.15, 0.2) is 66.7 Å². The van der Waals surface area contributed by atoms with E-state index in [1.165, 1.54) is 32.4 Å². The lowest BCUT2D eigenvalue weighted by atomic mass is 10.0. The predicted molar refractivity (Wildman–Crippen MR) is 182 cm³/mol. The molecule has 0 radical (unpaired) electrons. The molecule has 0 aromatic heterocycles. The molecule has 0 heterocycles. The van der Waals surface area contributed by atoms with Crippen molar-refractivity contribution < 1.29 is 53.1 Å². The predicted octanol–water partition coefficient (Wildman–Crippen LogP) is 3.39. The fourth-order valence-electron chi connectivity index (χ4n) is 4.85. The lowest BCUT2D eigenvalue weighted by molar-refractivity contribution is -0.139. The number of hydrogen-bond donors (Lipinski definition) is 5. The van der Waals surface area contributed by atoms with Crippen LogP contribution in [0.4, 0.5) is 4.79 Å². The highest BCUT2D eigenvalue weighted by molar-refractivity contribution is 5.93. The van der Waals surface area contributed by atoms with E-state index < -0.39 is 54.1 Å². The van der Waals surface area contributed by atoms with Gasteiger partial charge in [0.1, 0.15) is 29.0 Å². The van der Waals surface area contributed by atoms with E-state index in [1.54, 1.807) is 57.2 Å². The lowest BCUT2D eigenvalue weighted by Crippen LogP contribution is -2.55. The van der Waals surface area contributed by atoms with Gasteiger partial charge in [0.25, 0.3) is 0 Å². The van der Waals surface area contributed by atoms with Crippen LogP contribution in [-0.2, 0) is 38.4 Å². The number of methoxy groups -OCH3 is 2. The molecule has 0 spiro atoms. The molecule has 3 amide bonds. The Bertz CT molecular complexity index is 1650. The molecule has 50 heavy (non-hydrogen) atoms. The normalized spacial score (nSPS) is 12.1. The van der Waals surface area contributed by atoms with Gasteiger partial charge in [0.15, 0.2) is 18.1 Å². The van der Waals surface area contributed by atoms with Crippen molar-refractivity contribution in [1.82, 2.24) is 16.0 Å². The maximum atomic E-state index is 13.8. The number of benzene rings is 3. The number of amides is 3. The first kappa shape index (κ1) is 38.7. The summed E-state index contributed by atoms with van der Waals surface area (Å²) in [7, 11) is 3.04.